The normalized spacial score (nSPS) is 11.4. The minimum atomic E-state index is 0.172. The molecule has 0 spiro atoms. The van der Waals surface area contributed by atoms with E-state index >= 15 is 0 Å². The van der Waals surface area contributed by atoms with Crippen molar-refractivity contribution in [2.75, 3.05) is 0 Å². The highest BCUT2D eigenvalue weighted by molar-refractivity contribution is 6.30. The molecule has 6 aromatic rings. The number of benzene rings is 2. The maximum atomic E-state index is 11.7. The van der Waals surface area contributed by atoms with Crippen LogP contribution < -0.4 is 0 Å². The molecule has 2 N–H and O–H groups in total. The predicted molar refractivity (Wildman–Crippen MR) is 142 cm³/mol. The van der Waals surface area contributed by atoms with Gasteiger partial charge in [-0.25, -0.2) is 9.97 Å². The molecular formula is C28H21ClN6O. The summed E-state index contributed by atoms with van der Waals surface area (Å²) in [5.74, 6) is 0.846. The first-order chi connectivity index (χ1) is 17.6. The minimum absolute atomic E-state index is 0.172. The third-order valence-electron chi connectivity index (χ3n) is 6.23. The van der Waals surface area contributed by atoms with Gasteiger partial charge in [-0.15, -0.1) is 0 Å². The first-order valence-electron chi connectivity index (χ1n) is 11.6. The van der Waals surface area contributed by atoms with Gasteiger partial charge in [0.05, 0.1) is 16.4 Å². The van der Waals surface area contributed by atoms with E-state index in [9.17, 15) is 4.79 Å². The van der Waals surface area contributed by atoms with Crippen molar-refractivity contribution in [1.82, 2.24) is 30.1 Å². The molecule has 4 heterocycles. The number of hydrogen-bond donors (Lipinski definition) is 2. The summed E-state index contributed by atoms with van der Waals surface area (Å²) < 4.78 is 0. The Balaban J connectivity index is 1.40. The highest BCUT2D eigenvalue weighted by atomic mass is 35.5. The lowest BCUT2D eigenvalue weighted by Crippen LogP contribution is -2.02. The third-order valence-corrected chi connectivity index (χ3v) is 6.46. The van der Waals surface area contributed by atoms with Gasteiger partial charge in [-0.2, -0.15) is 5.10 Å². The van der Waals surface area contributed by atoms with Crippen LogP contribution in [0.2, 0.25) is 5.02 Å². The maximum absolute atomic E-state index is 11.7. The fourth-order valence-electron chi connectivity index (χ4n) is 4.30. The van der Waals surface area contributed by atoms with E-state index in [-0.39, 0.29) is 5.78 Å². The molecule has 7 nitrogen and oxygen atoms in total. The van der Waals surface area contributed by atoms with Crippen LogP contribution in [0.25, 0.3) is 55.8 Å². The average Bonchev–Trinajstić information content (AvgIpc) is 3.52. The summed E-state index contributed by atoms with van der Waals surface area (Å²) in [7, 11) is 0. The number of Topliss-reactive ketones (excluding diaryl/α,β-unsaturated/α-hetero) is 1. The first kappa shape index (κ1) is 22.1. The molecule has 0 fully saturated rings. The lowest BCUT2D eigenvalue weighted by molar-refractivity contribution is -0.118. The molecule has 0 atom stereocenters. The van der Waals surface area contributed by atoms with Crippen LogP contribution in [0.5, 0.6) is 0 Å². The average molecular weight is 493 g/mol. The first-order valence-corrected chi connectivity index (χ1v) is 12.0. The maximum Gasteiger partial charge on any atom is 0.181 e. The number of carbonyl (C=O) groups is 1. The number of nitrogens with zero attached hydrogens (tertiary/aromatic N) is 4. The zero-order chi connectivity index (χ0) is 24.6. The van der Waals surface area contributed by atoms with Gasteiger partial charge >= 0.3 is 0 Å². The molecule has 0 bridgehead atoms. The molecular weight excluding hydrogens is 472 g/mol. The van der Waals surface area contributed by atoms with Crippen LogP contribution in [0.15, 0.2) is 73.1 Å². The van der Waals surface area contributed by atoms with Gasteiger partial charge in [0.25, 0.3) is 0 Å². The van der Waals surface area contributed by atoms with Crippen LogP contribution in [0.3, 0.4) is 0 Å². The van der Waals surface area contributed by atoms with E-state index in [0.717, 1.165) is 50.1 Å². The van der Waals surface area contributed by atoms with Crippen molar-refractivity contribution in [3.05, 3.63) is 83.8 Å². The summed E-state index contributed by atoms with van der Waals surface area (Å²) in [5.41, 5.74) is 7.70. The predicted octanol–water partition coefficient (Wildman–Crippen LogP) is 6.41. The van der Waals surface area contributed by atoms with E-state index in [2.05, 4.69) is 25.1 Å². The van der Waals surface area contributed by atoms with E-state index < -0.39 is 0 Å². The van der Waals surface area contributed by atoms with Crippen molar-refractivity contribution in [2.24, 2.45) is 0 Å². The molecule has 6 rings (SSSR count). The van der Waals surface area contributed by atoms with E-state index in [1.165, 1.54) is 0 Å². The molecule has 36 heavy (non-hydrogen) atoms. The van der Waals surface area contributed by atoms with Crippen molar-refractivity contribution in [3.63, 3.8) is 0 Å². The lowest BCUT2D eigenvalue weighted by Gasteiger charge is -2.04. The van der Waals surface area contributed by atoms with Crippen LogP contribution in [0, 0.1) is 0 Å². The van der Waals surface area contributed by atoms with Crippen molar-refractivity contribution >= 4 is 39.5 Å². The van der Waals surface area contributed by atoms with Crippen LogP contribution in [-0.2, 0) is 11.2 Å². The topological polar surface area (TPSA) is 100 Å². The van der Waals surface area contributed by atoms with Crippen molar-refractivity contribution in [2.45, 2.75) is 19.8 Å². The van der Waals surface area contributed by atoms with E-state index in [4.69, 9.17) is 16.6 Å². The van der Waals surface area contributed by atoms with Gasteiger partial charge in [-0.3, -0.25) is 14.9 Å². The summed E-state index contributed by atoms with van der Waals surface area (Å²) in [5, 5.41) is 9.00. The Morgan fingerprint density at radius 3 is 2.61 bits per heavy atom. The van der Waals surface area contributed by atoms with Gasteiger partial charge in [-0.1, -0.05) is 48.9 Å². The quantitative estimate of drug-likeness (QED) is 0.280. The fraction of sp³-hybridized carbons (Fsp3) is 0.107. The number of fused-ring (bicyclic) bond motifs is 2. The van der Waals surface area contributed by atoms with E-state index in [1.807, 2.05) is 67.6 Å². The second kappa shape index (κ2) is 9.02. The fourth-order valence-corrected chi connectivity index (χ4v) is 4.49. The Kier molecular flexibility index (Phi) is 5.54. The highest BCUT2D eigenvalue weighted by Crippen LogP contribution is 2.33. The third kappa shape index (κ3) is 4.03. The number of nitrogens with one attached hydrogen (secondary N) is 2. The molecule has 2 aromatic carbocycles. The van der Waals surface area contributed by atoms with E-state index in [1.54, 1.807) is 12.4 Å². The van der Waals surface area contributed by atoms with Gasteiger partial charge in [0.2, 0.25) is 0 Å². The van der Waals surface area contributed by atoms with Gasteiger partial charge in [0.1, 0.15) is 11.5 Å². The molecule has 0 saturated carbocycles. The summed E-state index contributed by atoms with van der Waals surface area (Å²) in [6.07, 6.45) is 4.41. The molecule has 176 valence electrons. The number of ketones is 1. The number of pyridine rings is 2. The van der Waals surface area contributed by atoms with Crippen molar-refractivity contribution in [1.29, 1.82) is 0 Å². The number of imidazole rings is 1. The zero-order valence-electron chi connectivity index (χ0n) is 19.4. The summed E-state index contributed by atoms with van der Waals surface area (Å²) in [4.78, 5) is 29.1. The standard InChI is InChI=1S/C28H21ClN6O/c1-2-21(36)13-20-10-9-17(14-30-20)18-12-23-26(34-35-27(23)31-15-18)28-32-24-8-4-7-22(25(24)33-28)16-5-3-6-19(29)11-16/h3-12,14-15H,2,13H2,1H3,(H,32,33)(H,31,34,35). The number of carbonyl (C=O) groups excluding carboxylic acids is 1. The monoisotopic (exact) mass is 492 g/mol. The van der Waals surface area contributed by atoms with Gasteiger partial charge in [-0.05, 0) is 35.9 Å². The SMILES string of the molecule is CCC(=O)Cc1ccc(-c2cnc3n[nH]c(-c4nc5c(-c6cccc(Cl)c6)cccc5[nH]4)c3c2)cn1. The number of H-pyrrole nitrogens is 2. The molecule has 0 saturated heterocycles. The van der Waals surface area contributed by atoms with Crippen LogP contribution in [0.1, 0.15) is 19.0 Å². The Hall–Kier alpha value is -4.36. The summed E-state index contributed by atoms with van der Waals surface area (Å²) in [6.45, 7) is 1.86. The molecule has 0 unspecified atom stereocenters. The molecule has 0 aliphatic carbocycles. The van der Waals surface area contributed by atoms with Gasteiger partial charge in [0, 0.05) is 52.6 Å². The number of halogens is 1. The van der Waals surface area contributed by atoms with Crippen molar-refractivity contribution in [3.8, 4) is 33.8 Å². The number of aromatic nitrogens is 6. The second-order valence-electron chi connectivity index (χ2n) is 8.60. The number of rotatable bonds is 6. The molecule has 8 heteroatoms. The zero-order valence-corrected chi connectivity index (χ0v) is 20.2. The Bertz CT molecular complexity index is 1740. The number of hydrogen-bond acceptors (Lipinski definition) is 5. The number of aromatic amines is 2. The second-order valence-corrected chi connectivity index (χ2v) is 9.03. The highest BCUT2D eigenvalue weighted by Gasteiger charge is 2.16. The molecule has 0 radical (unpaired) electrons. The molecule has 4 aromatic heterocycles. The van der Waals surface area contributed by atoms with Crippen molar-refractivity contribution < 1.29 is 4.79 Å². The van der Waals surface area contributed by atoms with Crippen LogP contribution in [0.4, 0.5) is 0 Å². The molecule has 0 amide bonds. The molecule has 0 aliphatic heterocycles. The van der Waals surface area contributed by atoms with E-state index in [0.29, 0.717) is 29.3 Å². The molecule has 0 aliphatic rings. The Morgan fingerprint density at radius 1 is 0.944 bits per heavy atom. The van der Waals surface area contributed by atoms with Crippen LogP contribution >= 0.6 is 11.6 Å². The smallest absolute Gasteiger partial charge is 0.181 e. The Morgan fingerprint density at radius 2 is 1.81 bits per heavy atom. The van der Waals surface area contributed by atoms with Gasteiger partial charge < -0.3 is 4.98 Å². The summed E-state index contributed by atoms with van der Waals surface area (Å²) in [6, 6.07) is 19.7. The number of para-hydroxylation sites is 1. The Labute approximate surface area is 211 Å². The lowest BCUT2D eigenvalue weighted by atomic mass is 10.0. The largest absolute Gasteiger partial charge is 0.337 e. The summed E-state index contributed by atoms with van der Waals surface area (Å²) >= 11 is 6.23. The van der Waals surface area contributed by atoms with Crippen LogP contribution in [-0.4, -0.2) is 35.9 Å². The van der Waals surface area contributed by atoms with Gasteiger partial charge in [0.15, 0.2) is 11.5 Å². The minimum Gasteiger partial charge on any atom is -0.337 e.